The summed E-state index contributed by atoms with van der Waals surface area (Å²) >= 11 is 1.35. The van der Waals surface area contributed by atoms with Gasteiger partial charge in [0.05, 0.1) is 31.8 Å². The van der Waals surface area contributed by atoms with E-state index in [0.717, 1.165) is 22.5 Å². The van der Waals surface area contributed by atoms with E-state index in [1.165, 1.54) is 17.4 Å². The Morgan fingerprint density at radius 1 is 1.10 bits per heavy atom. The van der Waals surface area contributed by atoms with Crippen LogP contribution in [0.4, 0.5) is 5.13 Å². The van der Waals surface area contributed by atoms with Crippen molar-refractivity contribution in [2.75, 3.05) is 19.5 Å². The number of amides is 1. The van der Waals surface area contributed by atoms with Crippen LogP contribution in [0.2, 0.25) is 0 Å². The molecular formula is C23H20N4O3S. The summed E-state index contributed by atoms with van der Waals surface area (Å²) in [4.78, 5) is 16.8. The first kappa shape index (κ1) is 20.4. The molecule has 0 saturated heterocycles. The van der Waals surface area contributed by atoms with Crippen molar-refractivity contribution in [2.45, 2.75) is 0 Å². The number of nitrogens with one attached hydrogen (secondary N) is 1. The third-order valence-electron chi connectivity index (χ3n) is 4.46. The summed E-state index contributed by atoms with van der Waals surface area (Å²) in [6.07, 6.45) is 6.74. The van der Waals surface area contributed by atoms with Crippen LogP contribution in [0.25, 0.3) is 23.0 Å². The van der Waals surface area contributed by atoms with Crippen LogP contribution in [-0.4, -0.2) is 34.9 Å². The molecule has 2 aromatic carbocycles. The highest BCUT2D eigenvalue weighted by atomic mass is 32.1. The summed E-state index contributed by atoms with van der Waals surface area (Å²) in [5.74, 6) is 1.01. The molecule has 0 radical (unpaired) electrons. The predicted molar refractivity (Wildman–Crippen MR) is 122 cm³/mol. The van der Waals surface area contributed by atoms with Crippen LogP contribution in [-0.2, 0) is 4.79 Å². The standard InChI is InChI=1S/C23H20N4O3S/c1-29-20-10-9-17(12-21(20)30-2)19-15-31-23(25-19)26-22(28)11-8-16-13-24-27(14-16)18-6-4-3-5-7-18/h3-15H,1-2H3,(H,25,26,28)/b11-8+. The molecule has 156 valence electrons. The van der Waals surface area contributed by atoms with Gasteiger partial charge in [-0.05, 0) is 36.4 Å². The smallest absolute Gasteiger partial charge is 0.250 e. The molecule has 1 N–H and O–H groups in total. The molecule has 1 amide bonds. The van der Waals surface area contributed by atoms with Gasteiger partial charge in [0, 0.05) is 28.8 Å². The minimum atomic E-state index is -0.263. The molecule has 0 bridgehead atoms. The zero-order chi connectivity index (χ0) is 21.6. The Hall–Kier alpha value is -3.91. The fourth-order valence-electron chi connectivity index (χ4n) is 2.92. The number of carbonyl (C=O) groups excluding carboxylic acids is 1. The monoisotopic (exact) mass is 432 g/mol. The molecule has 4 rings (SSSR count). The second-order valence-corrected chi connectivity index (χ2v) is 7.34. The highest BCUT2D eigenvalue weighted by Crippen LogP contribution is 2.33. The Labute approximate surface area is 183 Å². The SMILES string of the molecule is COc1ccc(-c2csc(NC(=O)/C=C/c3cnn(-c4ccccc4)c3)n2)cc1OC. The summed E-state index contributed by atoms with van der Waals surface area (Å²) in [5.41, 5.74) is 3.40. The van der Waals surface area contributed by atoms with E-state index in [1.807, 2.05) is 60.1 Å². The zero-order valence-electron chi connectivity index (χ0n) is 17.0. The number of benzene rings is 2. The van der Waals surface area contributed by atoms with Crippen LogP contribution >= 0.6 is 11.3 Å². The lowest BCUT2D eigenvalue weighted by Crippen LogP contribution is -2.07. The second kappa shape index (κ2) is 9.27. The Bertz CT molecular complexity index is 1210. The number of nitrogens with zero attached hydrogens (tertiary/aromatic N) is 3. The molecule has 0 spiro atoms. The number of methoxy groups -OCH3 is 2. The van der Waals surface area contributed by atoms with Gasteiger partial charge in [-0.15, -0.1) is 11.3 Å². The summed E-state index contributed by atoms with van der Waals surface area (Å²) < 4.78 is 12.4. The molecule has 2 heterocycles. The van der Waals surface area contributed by atoms with Gasteiger partial charge in [0.2, 0.25) is 5.91 Å². The molecule has 7 nitrogen and oxygen atoms in total. The van der Waals surface area contributed by atoms with Crippen molar-refractivity contribution < 1.29 is 14.3 Å². The number of rotatable bonds is 7. The van der Waals surface area contributed by atoms with Crippen LogP contribution in [0.5, 0.6) is 11.5 Å². The molecule has 0 aliphatic heterocycles. The van der Waals surface area contributed by atoms with Gasteiger partial charge in [-0.3, -0.25) is 10.1 Å². The van der Waals surface area contributed by atoms with Gasteiger partial charge in [-0.2, -0.15) is 5.10 Å². The quantitative estimate of drug-likeness (QED) is 0.430. The maximum Gasteiger partial charge on any atom is 0.250 e. The maximum absolute atomic E-state index is 12.3. The molecule has 4 aromatic rings. The van der Waals surface area contributed by atoms with Gasteiger partial charge in [0.1, 0.15) is 0 Å². The largest absolute Gasteiger partial charge is 0.493 e. The normalized spacial score (nSPS) is 10.9. The average Bonchev–Trinajstić information content (AvgIpc) is 3.48. The number of ether oxygens (including phenoxy) is 2. The van der Waals surface area contributed by atoms with Crippen molar-refractivity contribution in [3.8, 4) is 28.4 Å². The van der Waals surface area contributed by atoms with E-state index in [0.29, 0.717) is 16.6 Å². The van der Waals surface area contributed by atoms with Crippen molar-refractivity contribution in [2.24, 2.45) is 0 Å². The molecule has 31 heavy (non-hydrogen) atoms. The number of hydrogen-bond acceptors (Lipinski definition) is 6. The number of thiazole rings is 1. The lowest BCUT2D eigenvalue weighted by molar-refractivity contribution is -0.111. The Morgan fingerprint density at radius 3 is 2.68 bits per heavy atom. The summed E-state index contributed by atoms with van der Waals surface area (Å²) in [5, 5.41) is 9.50. The molecule has 2 aromatic heterocycles. The molecule has 0 aliphatic rings. The van der Waals surface area contributed by atoms with E-state index in [1.54, 1.807) is 31.2 Å². The van der Waals surface area contributed by atoms with Gasteiger partial charge in [0.25, 0.3) is 0 Å². The van der Waals surface area contributed by atoms with Crippen LogP contribution < -0.4 is 14.8 Å². The van der Waals surface area contributed by atoms with E-state index in [-0.39, 0.29) is 5.91 Å². The molecule has 0 aliphatic carbocycles. The van der Waals surface area contributed by atoms with E-state index in [2.05, 4.69) is 15.4 Å². The minimum Gasteiger partial charge on any atom is -0.493 e. The summed E-state index contributed by atoms with van der Waals surface area (Å²) in [7, 11) is 3.18. The molecule has 0 atom stereocenters. The zero-order valence-corrected chi connectivity index (χ0v) is 17.8. The molecule has 0 saturated carbocycles. The average molecular weight is 433 g/mol. The number of hydrogen-bond donors (Lipinski definition) is 1. The van der Waals surface area contributed by atoms with Crippen molar-refractivity contribution in [1.82, 2.24) is 14.8 Å². The van der Waals surface area contributed by atoms with Crippen LogP contribution in [0.3, 0.4) is 0 Å². The number of para-hydroxylation sites is 1. The maximum atomic E-state index is 12.3. The first-order valence-electron chi connectivity index (χ1n) is 9.43. The summed E-state index contributed by atoms with van der Waals surface area (Å²) in [6, 6.07) is 15.3. The molecular weight excluding hydrogens is 412 g/mol. The van der Waals surface area contributed by atoms with Gasteiger partial charge >= 0.3 is 0 Å². The Balaban J connectivity index is 1.41. The first-order chi connectivity index (χ1) is 15.2. The van der Waals surface area contributed by atoms with Crippen molar-refractivity contribution >= 4 is 28.5 Å². The lowest BCUT2D eigenvalue weighted by Gasteiger charge is -2.08. The number of aromatic nitrogens is 3. The van der Waals surface area contributed by atoms with Gasteiger partial charge in [-0.1, -0.05) is 18.2 Å². The summed E-state index contributed by atoms with van der Waals surface area (Å²) in [6.45, 7) is 0. The van der Waals surface area contributed by atoms with Crippen molar-refractivity contribution in [3.05, 3.63) is 77.9 Å². The molecule has 0 fully saturated rings. The number of anilines is 1. The van der Waals surface area contributed by atoms with Crippen LogP contribution in [0.1, 0.15) is 5.56 Å². The van der Waals surface area contributed by atoms with Gasteiger partial charge < -0.3 is 9.47 Å². The van der Waals surface area contributed by atoms with Crippen molar-refractivity contribution in [1.29, 1.82) is 0 Å². The van der Waals surface area contributed by atoms with Crippen LogP contribution in [0, 0.1) is 0 Å². The van der Waals surface area contributed by atoms with E-state index in [4.69, 9.17) is 9.47 Å². The third-order valence-corrected chi connectivity index (χ3v) is 5.22. The number of carbonyl (C=O) groups is 1. The second-order valence-electron chi connectivity index (χ2n) is 6.48. The topological polar surface area (TPSA) is 78.3 Å². The molecule has 8 heteroatoms. The van der Waals surface area contributed by atoms with E-state index < -0.39 is 0 Å². The Morgan fingerprint density at radius 2 is 1.90 bits per heavy atom. The fourth-order valence-corrected chi connectivity index (χ4v) is 3.65. The highest BCUT2D eigenvalue weighted by molar-refractivity contribution is 7.14. The lowest BCUT2D eigenvalue weighted by atomic mass is 10.1. The van der Waals surface area contributed by atoms with Gasteiger partial charge in [0.15, 0.2) is 16.6 Å². The van der Waals surface area contributed by atoms with Crippen LogP contribution in [0.15, 0.2) is 72.4 Å². The highest BCUT2D eigenvalue weighted by Gasteiger charge is 2.10. The Kier molecular flexibility index (Phi) is 6.09. The minimum absolute atomic E-state index is 0.263. The van der Waals surface area contributed by atoms with Crippen molar-refractivity contribution in [3.63, 3.8) is 0 Å². The van der Waals surface area contributed by atoms with E-state index in [9.17, 15) is 4.79 Å². The molecule has 0 unspecified atom stereocenters. The fraction of sp³-hybridized carbons (Fsp3) is 0.0870. The first-order valence-corrected chi connectivity index (χ1v) is 10.3. The third kappa shape index (κ3) is 4.81. The van der Waals surface area contributed by atoms with Gasteiger partial charge in [-0.25, -0.2) is 9.67 Å². The predicted octanol–water partition coefficient (Wildman–Crippen LogP) is 4.66. The van der Waals surface area contributed by atoms with E-state index >= 15 is 0 Å².